The summed E-state index contributed by atoms with van der Waals surface area (Å²) in [5.41, 5.74) is 20.1. The summed E-state index contributed by atoms with van der Waals surface area (Å²) >= 11 is 0. The van der Waals surface area contributed by atoms with E-state index in [2.05, 4.69) is 187 Å². The molecule has 4 heteroatoms. The monoisotopic (exact) mass is 789 g/mol. The van der Waals surface area contributed by atoms with E-state index in [4.69, 9.17) is 14.4 Å². The van der Waals surface area contributed by atoms with E-state index in [1.54, 1.807) is 6.20 Å². The molecule has 1 spiro atoms. The van der Waals surface area contributed by atoms with Crippen molar-refractivity contribution in [1.29, 1.82) is 0 Å². The molecular weight excluding hydrogens is 755 g/mol. The minimum Gasteiger partial charge on any atom is -0.456 e. The molecule has 3 heterocycles. The van der Waals surface area contributed by atoms with Gasteiger partial charge in [-0.1, -0.05) is 164 Å². The Morgan fingerprint density at radius 2 is 0.903 bits per heavy atom. The number of furan rings is 1. The summed E-state index contributed by atoms with van der Waals surface area (Å²) in [6, 6.07) is 71.9. The van der Waals surface area contributed by atoms with Gasteiger partial charge >= 0.3 is 0 Å². The highest BCUT2D eigenvalue weighted by Gasteiger charge is 2.50. The standard InChI is InChI=1S/C58H35N3O/c1-2-13-37(14-3-1)53-34-54(38-26-24-36(25-27-38)40-15-12-30-59-35-40)61-57(60-53)39-28-29-45-42-17-5-4-16-41(42)43-18-6-9-21-49(43)58(51(45)31-39)50-22-10-7-19-44(50)47-32-48-46-20-8-11-23-55(46)62-56(48)33-52(47)58/h1-35H. The van der Waals surface area contributed by atoms with Gasteiger partial charge in [0.2, 0.25) is 0 Å². The lowest BCUT2D eigenvalue weighted by Gasteiger charge is -2.35. The van der Waals surface area contributed by atoms with E-state index < -0.39 is 5.41 Å². The van der Waals surface area contributed by atoms with Crippen LogP contribution in [0.2, 0.25) is 0 Å². The number of hydrogen-bond donors (Lipinski definition) is 0. The smallest absolute Gasteiger partial charge is 0.160 e. The van der Waals surface area contributed by atoms with Gasteiger partial charge in [0.15, 0.2) is 5.82 Å². The van der Waals surface area contributed by atoms with Crippen LogP contribution in [-0.4, -0.2) is 15.0 Å². The number of nitrogens with zero attached hydrogens (tertiary/aromatic N) is 3. The molecule has 0 N–H and O–H groups in total. The van der Waals surface area contributed by atoms with Crippen LogP contribution in [0.4, 0.5) is 0 Å². The quantitative estimate of drug-likeness (QED) is 0.178. The first-order valence-electron chi connectivity index (χ1n) is 21.1. The molecule has 0 saturated heterocycles. The maximum Gasteiger partial charge on any atom is 0.160 e. The molecule has 4 nitrogen and oxygen atoms in total. The van der Waals surface area contributed by atoms with Gasteiger partial charge in [-0.05, 0) is 103 Å². The molecule has 0 amide bonds. The zero-order chi connectivity index (χ0) is 40.8. The summed E-state index contributed by atoms with van der Waals surface area (Å²) in [4.78, 5) is 15.1. The van der Waals surface area contributed by atoms with Crippen molar-refractivity contribution in [3.8, 4) is 78.4 Å². The van der Waals surface area contributed by atoms with E-state index in [-0.39, 0.29) is 0 Å². The van der Waals surface area contributed by atoms with Gasteiger partial charge in [0.05, 0.1) is 16.8 Å². The fourth-order valence-corrected chi connectivity index (χ4v) is 10.3. The van der Waals surface area contributed by atoms with Crippen LogP contribution in [0.1, 0.15) is 22.3 Å². The Balaban J connectivity index is 1.10. The van der Waals surface area contributed by atoms with Crippen molar-refractivity contribution >= 4 is 21.9 Å². The molecule has 0 bridgehead atoms. The Morgan fingerprint density at radius 3 is 1.63 bits per heavy atom. The molecule has 1 atom stereocenters. The van der Waals surface area contributed by atoms with Crippen molar-refractivity contribution in [3.63, 3.8) is 0 Å². The molecule has 0 radical (unpaired) electrons. The Bertz CT molecular complexity index is 3570. The van der Waals surface area contributed by atoms with Crippen LogP contribution in [0.5, 0.6) is 0 Å². The number of aromatic nitrogens is 3. The first-order valence-corrected chi connectivity index (χ1v) is 21.1. The van der Waals surface area contributed by atoms with Crippen molar-refractivity contribution in [2.24, 2.45) is 0 Å². The highest BCUT2D eigenvalue weighted by Crippen LogP contribution is 2.62. The molecule has 0 aliphatic heterocycles. The molecule has 11 aromatic rings. The molecule has 0 saturated carbocycles. The average Bonchev–Trinajstić information content (AvgIpc) is 3.82. The van der Waals surface area contributed by atoms with Crippen molar-refractivity contribution in [3.05, 3.63) is 235 Å². The fourth-order valence-electron chi connectivity index (χ4n) is 10.3. The Labute approximate surface area is 358 Å². The van der Waals surface area contributed by atoms with E-state index in [1.165, 1.54) is 55.6 Å². The molecule has 0 fully saturated rings. The molecule has 2 aliphatic carbocycles. The van der Waals surface area contributed by atoms with Crippen molar-refractivity contribution < 1.29 is 4.42 Å². The van der Waals surface area contributed by atoms with Crippen molar-refractivity contribution in [2.45, 2.75) is 5.41 Å². The maximum atomic E-state index is 6.69. The van der Waals surface area contributed by atoms with Gasteiger partial charge in [0.1, 0.15) is 11.2 Å². The molecule has 2 aliphatic rings. The van der Waals surface area contributed by atoms with Gasteiger partial charge in [-0.2, -0.15) is 0 Å². The van der Waals surface area contributed by atoms with E-state index in [9.17, 15) is 0 Å². The lowest BCUT2D eigenvalue weighted by molar-refractivity contribution is 0.666. The summed E-state index contributed by atoms with van der Waals surface area (Å²) in [6.45, 7) is 0. The largest absolute Gasteiger partial charge is 0.456 e. The second kappa shape index (κ2) is 13.4. The highest BCUT2D eigenvalue weighted by molar-refractivity contribution is 6.09. The zero-order valence-electron chi connectivity index (χ0n) is 33.5. The molecule has 1 unspecified atom stereocenters. The predicted molar refractivity (Wildman–Crippen MR) is 251 cm³/mol. The number of fused-ring (bicyclic) bond motifs is 15. The lowest BCUT2D eigenvalue weighted by Crippen LogP contribution is -2.29. The number of hydrogen-bond acceptors (Lipinski definition) is 4. The average molecular weight is 790 g/mol. The van der Waals surface area contributed by atoms with Crippen LogP contribution in [-0.2, 0) is 5.41 Å². The number of benzene rings is 8. The Hall–Kier alpha value is -8.21. The van der Waals surface area contributed by atoms with E-state index in [0.29, 0.717) is 5.82 Å². The summed E-state index contributed by atoms with van der Waals surface area (Å²) < 4.78 is 6.69. The third-order valence-electron chi connectivity index (χ3n) is 13.0. The predicted octanol–water partition coefficient (Wildman–Crippen LogP) is 14.4. The fraction of sp³-hybridized carbons (Fsp3) is 0.0172. The summed E-state index contributed by atoms with van der Waals surface area (Å²) in [6.07, 6.45) is 3.70. The molecule has 3 aromatic heterocycles. The van der Waals surface area contributed by atoms with E-state index in [1.807, 2.05) is 24.4 Å². The molecule has 8 aromatic carbocycles. The minimum absolute atomic E-state index is 0.667. The van der Waals surface area contributed by atoms with Gasteiger partial charge in [-0.15, -0.1) is 0 Å². The SMILES string of the molecule is c1ccc(-c2cc(-c3ccc(-c4cccnc4)cc3)nc(-c3ccc4c(c3)C3(c5ccccc5-c5ccccc5-4)c4ccccc4-c4cc5c(cc43)oc3ccccc35)n2)cc1. The van der Waals surface area contributed by atoms with Gasteiger partial charge in [0, 0.05) is 39.9 Å². The topological polar surface area (TPSA) is 51.8 Å². The highest BCUT2D eigenvalue weighted by atomic mass is 16.3. The second-order valence-electron chi connectivity index (χ2n) is 16.3. The van der Waals surface area contributed by atoms with Crippen LogP contribution in [0, 0.1) is 0 Å². The van der Waals surface area contributed by atoms with Crippen molar-refractivity contribution in [1.82, 2.24) is 15.0 Å². The first kappa shape index (κ1) is 34.6. The van der Waals surface area contributed by atoms with Crippen LogP contribution in [0.25, 0.3) is 100 Å². The zero-order valence-corrected chi connectivity index (χ0v) is 33.5. The van der Waals surface area contributed by atoms with Crippen LogP contribution in [0.3, 0.4) is 0 Å². The maximum absolute atomic E-state index is 6.69. The Kier molecular flexibility index (Phi) is 7.49. The molecule has 13 rings (SSSR count). The third-order valence-corrected chi connectivity index (χ3v) is 13.0. The van der Waals surface area contributed by atoms with E-state index in [0.717, 1.165) is 61.1 Å². The summed E-state index contributed by atoms with van der Waals surface area (Å²) in [5.74, 6) is 0.667. The number of pyridine rings is 1. The van der Waals surface area contributed by atoms with Crippen LogP contribution < -0.4 is 0 Å². The van der Waals surface area contributed by atoms with Gasteiger partial charge in [0.25, 0.3) is 0 Å². The number of rotatable bonds is 4. The van der Waals surface area contributed by atoms with Crippen LogP contribution >= 0.6 is 0 Å². The molecule has 62 heavy (non-hydrogen) atoms. The first-order chi connectivity index (χ1) is 30.7. The molecule has 288 valence electrons. The van der Waals surface area contributed by atoms with Crippen molar-refractivity contribution in [2.75, 3.05) is 0 Å². The Morgan fingerprint density at radius 1 is 0.339 bits per heavy atom. The van der Waals surface area contributed by atoms with Gasteiger partial charge < -0.3 is 4.42 Å². The normalized spacial score (nSPS) is 14.5. The second-order valence-corrected chi connectivity index (χ2v) is 16.3. The summed E-state index contributed by atoms with van der Waals surface area (Å²) in [5, 5.41) is 2.25. The number of para-hydroxylation sites is 1. The summed E-state index contributed by atoms with van der Waals surface area (Å²) in [7, 11) is 0. The molecular formula is C58H35N3O. The minimum atomic E-state index is -0.706. The van der Waals surface area contributed by atoms with Gasteiger partial charge in [-0.25, -0.2) is 9.97 Å². The van der Waals surface area contributed by atoms with Crippen LogP contribution in [0.15, 0.2) is 217 Å². The lowest BCUT2D eigenvalue weighted by atomic mass is 9.65. The third kappa shape index (κ3) is 5.04. The van der Waals surface area contributed by atoms with Gasteiger partial charge in [-0.3, -0.25) is 4.98 Å². The van der Waals surface area contributed by atoms with E-state index >= 15 is 0 Å².